The van der Waals surface area contributed by atoms with Crippen LogP contribution in [0.4, 0.5) is 0 Å². The Morgan fingerprint density at radius 1 is 1.35 bits per heavy atom. The average molecular weight is 297 g/mol. The predicted octanol–water partition coefficient (Wildman–Crippen LogP) is 2.90. The molecule has 1 aliphatic carbocycles. The van der Waals surface area contributed by atoms with E-state index in [2.05, 4.69) is 0 Å². The van der Waals surface area contributed by atoms with Crippen molar-refractivity contribution in [3.63, 3.8) is 0 Å². The molecule has 4 nitrogen and oxygen atoms in total. The summed E-state index contributed by atoms with van der Waals surface area (Å²) in [4.78, 5) is 23.4. The third-order valence-electron chi connectivity index (χ3n) is 3.60. The summed E-state index contributed by atoms with van der Waals surface area (Å²) in [7, 11) is 1.55. The van der Waals surface area contributed by atoms with Gasteiger partial charge >= 0.3 is 5.97 Å². The largest absolute Gasteiger partial charge is 0.495 e. The molecule has 0 aromatic heterocycles. The molecule has 0 amide bonds. The number of esters is 1. The number of ketones is 1. The zero-order valence-electron chi connectivity index (χ0n) is 11.6. The Labute approximate surface area is 123 Å². The molecule has 2 rings (SSSR count). The standard InChI is InChI=1S/C15H17ClO4/c1-3-20-14(18)12(17)9-15(7-8-15)10-5-4-6-11(16)13(10)19-2/h4-6H,3,7-9H2,1-2H3. The molecule has 0 atom stereocenters. The SMILES string of the molecule is CCOC(=O)C(=O)CC1(c2cccc(Cl)c2OC)CC1. The average Bonchev–Trinajstić information content (AvgIpc) is 3.19. The maximum Gasteiger partial charge on any atom is 0.374 e. The van der Waals surface area contributed by atoms with Crippen molar-refractivity contribution < 1.29 is 19.1 Å². The van der Waals surface area contributed by atoms with Gasteiger partial charge in [0.1, 0.15) is 5.75 Å². The first-order valence-corrected chi connectivity index (χ1v) is 6.95. The molecule has 0 saturated heterocycles. The van der Waals surface area contributed by atoms with Crippen LogP contribution in [0.25, 0.3) is 0 Å². The molecule has 0 aliphatic heterocycles. The maximum atomic E-state index is 11.9. The molecule has 0 bridgehead atoms. The van der Waals surface area contributed by atoms with Crippen molar-refractivity contribution in [2.75, 3.05) is 13.7 Å². The molecule has 0 N–H and O–H groups in total. The van der Waals surface area contributed by atoms with Gasteiger partial charge in [-0.25, -0.2) is 4.79 Å². The van der Waals surface area contributed by atoms with Crippen molar-refractivity contribution in [3.8, 4) is 5.75 Å². The third kappa shape index (κ3) is 2.80. The number of rotatable bonds is 6. The van der Waals surface area contributed by atoms with Crippen molar-refractivity contribution >= 4 is 23.4 Å². The summed E-state index contributed by atoms with van der Waals surface area (Å²) in [5, 5.41) is 0.514. The lowest BCUT2D eigenvalue weighted by atomic mass is 9.89. The van der Waals surface area contributed by atoms with Gasteiger partial charge in [0.15, 0.2) is 0 Å². The number of para-hydroxylation sites is 1. The van der Waals surface area contributed by atoms with Gasteiger partial charge in [0.2, 0.25) is 5.78 Å². The molecule has 1 aromatic rings. The number of hydrogen-bond donors (Lipinski definition) is 0. The van der Waals surface area contributed by atoms with Crippen LogP contribution in [0.2, 0.25) is 5.02 Å². The fourth-order valence-electron chi connectivity index (χ4n) is 2.42. The summed E-state index contributed by atoms with van der Waals surface area (Å²) in [5.41, 5.74) is 0.560. The topological polar surface area (TPSA) is 52.6 Å². The molecule has 1 saturated carbocycles. The van der Waals surface area contributed by atoms with Crippen LogP contribution < -0.4 is 4.74 Å². The fourth-order valence-corrected chi connectivity index (χ4v) is 2.67. The van der Waals surface area contributed by atoms with Crippen LogP contribution in [-0.2, 0) is 19.7 Å². The van der Waals surface area contributed by atoms with Crippen LogP contribution in [0.1, 0.15) is 31.7 Å². The van der Waals surface area contributed by atoms with E-state index < -0.39 is 11.8 Å². The summed E-state index contributed by atoms with van der Waals surface area (Å²) < 4.78 is 10.1. The van der Waals surface area contributed by atoms with E-state index in [1.54, 1.807) is 20.1 Å². The molecule has 0 heterocycles. The minimum absolute atomic E-state index is 0.141. The molecule has 1 aliphatic rings. The zero-order chi connectivity index (χ0) is 14.8. The molecule has 0 spiro atoms. The summed E-state index contributed by atoms with van der Waals surface area (Å²) in [5.74, 6) is -0.672. The number of halogens is 1. The third-order valence-corrected chi connectivity index (χ3v) is 3.90. The first-order chi connectivity index (χ1) is 9.54. The van der Waals surface area contributed by atoms with Crippen LogP contribution >= 0.6 is 11.6 Å². The lowest BCUT2D eigenvalue weighted by Crippen LogP contribution is -2.23. The fraction of sp³-hybridized carbons (Fsp3) is 0.467. The van der Waals surface area contributed by atoms with Crippen LogP contribution in [0.15, 0.2) is 18.2 Å². The minimum atomic E-state index is -0.764. The molecule has 5 heteroatoms. The predicted molar refractivity (Wildman–Crippen MR) is 75.2 cm³/mol. The Morgan fingerprint density at radius 2 is 2.05 bits per heavy atom. The zero-order valence-corrected chi connectivity index (χ0v) is 12.3. The number of carbonyl (C=O) groups is 2. The van der Waals surface area contributed by atoms with Gasteiger partial charge < -0.3 is 9.47 Å². The van der Waals surface area contributed by atoms with Crippen molar-refractivity contribution in [2.45, 2.75) is 31.6 Å². The molecule has 0 unspecified atom stereocenters. The van der Waals surface area contributed by atoms with Crippen LogP contribution in [-0.4, -0.2) is 25.5 Å². The van der Waals surface area contributed by atoms with Gasteiger partial charge in [0.05, 0.1) is 18.7 Å². The molecule has 1 fully saturated rings. The van der Waals surface area contributed by atoms with Gasteiger partial charge in [-0.3, -0.25) is 4.79 Å². The van der Waals surface area contributed by atoms with E-state index in [4.69, 9.17) is 21.1 Å². The first-order valence-electron chi connectivity index (χ1n) is 6.57. The van der Waals surface area contributed by atoms with Crippen molar-refractivity contribution in [1.82, 2.24) is 0 Å². The Morgan fingerprint density at radius 3 is 2.60 bits per heavy atom. The monoisotopic (exact) mass is 296 g/mol. The van der Waals surface area contributed by atoms with Gasteiger partial charge in [0, 0.05) is 17.4 Å². The van der Waals surface area contributed by atoms with E-state index in [-0.39, 0.29) is 18.4 Å². The second-order valence-electron chi connectivity index (χ2n) is 4.92. The van der Waals surface area contributed by atoms with E-state index in [1.165, 1.54) is 0 Å². The smallest absolute Gasteiger partial charge is 0.374 e. The molecule has 1 aromatic carbocycles. The minimum Gasteiger partial charge on any atom is -0.495 e. The summed E-state index contributed by atoms with van der Waals surface area (Å²) >= 11 is 6.11. The maximum absolute atomic E-state index is 11.9. The summed E-state index contributed by atoms with van der Waals surface area (Å²) in [6.45, 7) is 1.89. The van der Waals surface area contributed by atoms with Gasteiger partial charge in [-0.05, 0) is 25.8 Å². The molecular weight excluding hydrogens is 280 g/mol. The lowest BCUT2D eigenvalue weighted by molar-refractivity contribution is -0.153. The molecule has 0 radical (unpaired) electrons. The van der Waals surface area contributed by atoms with E-state index >= 15 is 0 Å². The number of Topliss-reactive ketones (excluding diaryl/α,β-unsaturated/α-hetero) is 1. The van der Waals surface area contributed by atoms with E-state index in [0.29, 0.717) is 10.8 Å². The van der Waals surface area contributed by atoms with Gasteiger partial charge in [-0.2, -0.15) is 0 Å². The van der Waals surface area contributed by atoms with E-state index in [9.17, 15) is 9.59 Å². The number of hydrogen-bond acceptors (Lipinski definition) is 4. The van der Waals surface area contributed by atoms with Gasteiger partial charge in [0.25, 0.3) is 0 Å². The highest BCUT2D eigenvalue weighted by molar-refractivity contribution is 6.34. The van der Waals surface area contributed by atoms with Gasteiger partial charge in [-0.15, -0.1) is 0 Å². The number of ether oxygens (including phenoxy) is 2. The number of methoxy groups -OCH3 is 1. The normalized spacial score (nSPS) is 15.6. The molecule has 20 heavy (non-hydrogen) atoms. The summed E-state index contributed by atoms with van der Waals surface area (Å²) in [6, 6.07) is 5.47. The Bertz CT molecular complexity index is 535. The Balaban J connectivity index is 2.22. The van der Waals surface area contributed by atoms with Crippen LogP contribution in [0.3, 0.4) is 0 Å². The number of carbonyl (C=O) groups excluding carboxylic acids is 2. The van der Waals surface area contributed by atoms with Gasteiger partial charge in [-0.1, -0.05) is 23.7 Å². The molecule has 108 valence electrons. The quantitative estimate of drug-likeness (QED) is 0.598. The molecular formula is C15H17ClO4. The highest BCUT2D eigenvalue weighted by Crippen LogP contribution is 2.55. The van der Waals surface area contributed by atoms with E-state index in [1.807, 2.05) is 12.1 Å². The van der Waals surface area contributed by atoms with Crippen LogP contribution in [0, 0.1) is 0 Å². The Hall–Kier alpha value is -1.55. The van der Waals surface area contributed by atoms with Crippen LogP contribution in [0.5, 0.6) is 5.75 Å². The number of benzene rings is 1. The summed E-state index contributed by atoms with van der Waals surface area (Å²) in [6.07, 6.45) is 1.83. The second kappa shape index (κ2) is 5.83. The van der Waals surface area contributed by atoms with Crippen molar-refractivity contribution in [1.29, 1.82) is 0 Å². The highest BCUT2D eigenvalue weighted by atomic mass is 35.5. The van der Waals surface area contributed by atoms with E-state index in [0.717, 1.165) is 18.4 Å². The Kier molecular flexibility index (Phi) is 4.33. The van der Waals surface area contributed by atoms with Crippen molar-refractivity contribution in [2.24, 2.45) is 0 Å². The lowest BCUT2D eigenvalue weighted by Gasteiger charge is -2.18. The second-order valence-corrected chi connectivity index (χ2v) is 5.33. The highest BCUT2D eigenvalue weighted by Gasteiger charge is 2.48. The first kappa shape index (κ1) is 14.9. The van der Waals surface area contributed by atoms with Crippen molar-refractivity contribution in [3.05, 3.63) is 28.8 Å².